The second kappa shape index (κ2) is 10.8. The van der Waals surface area contributed by atoms with E-state index < -0.39 is 5.91 Å². The number of benzene rings is 2. The number of anilines is 1. The Bertz CT molecular complexity index is 1520. The Balaban J connectivity index is 1.73. The van der Waals surface area contributed by atoms with E-state index in [4.69, 9.17) is 27.3 Å². The third kappa shape index (κ3) is 5.78. The van der Waals surface area contributed by atoms with Crippen LogP contribution in [-0.4, -0.2) is 33.3 Å². The van der Waals surface area contributed by atoms with Crippen LogP contribution in [0.15, 0.2) is 58.3 Å². The summed E-state index contributed by atoms with van der Waals surface area (Å²) in [5.74, 6) is 0.742. The van der Waals surface area contributed by atoms with Crippen molar-refractivity contribution in [1.29, 1.82) is 5.41 Å². The number of hydrogen-bond donors (Lipinski definition) is 4. The van der Waals surface area contributed by atoms with E-state index in [1.54, 1.807) is 13.8 Å². The number of nitrogens with one attached hydrogen (secondary N) is 3. The fourth-order valence-corrected chi connectivity index (χ4v) is 4.28. The van der Waals surface area contributed by atoms with Crippen molar-refractivity contribution < 1.29 is 9.32 Å². The summed E-state index contributed by atoms with van der Waals surface area (Å²) in [5.41, 5.74) is 11.3. The molecule has 10 heteroatoms. The van der Waals surface area contributed by atoms with Crippen molar-refractivity contribution in [3.8, 4) is 11.1 Å². The molecule has 0 bridgehead atoms. The second-order valence-electron chi connectivity index (χ2n) is 8.78. The minimum Gasteiger partial charge on any atom is -0.402 e. The molecule has 2 heterocycles. The van der Waals surface area contributed by atoms with E-state index in [1.165, 1.54) is 0 Å². The number of aromatic nitrogens is 3. The van der Waals surface area contributed by atoms with E-state index in [9.17, 15) is 4.79 Å². The molecule has 0 spiro atoms. The molecule has 0 aliphatic rings. The van der Waals surface area contributed by atoms with Crippen LogP contribution < -0.4 is 16.4 Å². The molecule has 0 saturated heterocycles. The third-order valence-corrected chi connectivity index (χ3v) is 6.16. The lowest BCUT2D eigenvalue weighted by atomic mass is 10.0. The first-order valence-corrected chi connectivity index (χ1v) is 12.0. The lowest BCUT2D eigenvalue weighted by molar-refractivity contribution is 0.0947. The van der Waals surface area contributed by atoms with Gasteiger partial charge >= 0.3 is 0 Å². The van der Waals surface area contributed by atoms with E-state index in [0.717, 1.165) is 27.8 Å². The molecule has 0 atom stereocenters. The number of nitrogens with zero attached hydrogens (tertiary/aromatic N) is 3. The molecule has 1 amide bonds. The van der Waals surface area contributed by atoms with Crippen molar-refractivity contribution in [3.05, 3.63) is 81.6 Å². The monoisotopic (exact) mass is 517 g/mol. The summed E-state index contributed by atoms with van der Waals surface area (Å²) in [6.45, 7) is 7.62. The highest BCUT2D eigenvalue weighted by Crippen LogP contribution is 2.31. The zero-order chi connectivity index (χ0) is 26.7. The summed E-state index contributed by atoms with van der Waals surface area (Å²) in [6.07, 6.45) is 0. The molecular weight excluding hydrogens is 490 g/mol. The van der Waals surface area contributed by atoms with Crippen LogP contribution in [0.5, 0.6) is 0 Å². The normalized spacial score (nSPS) is 11.8. The van der Waals surface area contributed by atoms with Gasteiger partial charge in [-0.15, -0.1) is 0 Å². The van der Waals surface area contributed by atoms with Gasteiger partial charge in [0.15, 0.2) is 0 Å². The number of aryl methyl sites for hydroxylation is 2. The van der Waals surface area contributed by atoms with Gasteiger partial charge in [-0.3, -0.25) is 4.79 Å². The molecule has 190 valence electrons. The maximum Gasteiger partial charge on any atom is 0.289 e. The number of amides is 1. The van der Waals surface area contributed by atoms with Crippen LogP contribution in [0.2, 0.25) is 5.02 Å². The Morgan fingerprint density at radius 1 is 1.14 bits per heavy atom. The van der Waals surface area contributed by atoms with Crippen LogP contribution in [0.1, 0.15) is 41.5 Å². The molecule has 2 aromatic heterocycles. The highest BCUT2D eigenvalue weighted by Gasteiger charge is 2.18. The zero-order valence-corrected chi connectivity index (χ0v) is 21.8. The van der Waals surface area contributed by atoms with Gasteiger partial charge in [-0.1, -0.05) is 35.0 Å². The van der Waals surface area contributed by atoms with Crippen LogP contribution in [0, 0.1) is 19.3 Å². The average Bonchev–Trinajstić information content (AvgIpc) is 3.19. The van der Waals surface area contributed by atoms with Crippen molar-refractivity contribution in [2.45, 2.75) is 34.2 Å². The quantitative estimate of drug-likeness (QED) is 0.236. The van der Waals surface area contributed by atoms with Crippen LogP contribution >= 0.6 is 11.6 Å². The summed E-state index contributed by atoms with van der Waals surface area (Å²) < 4.78 is 5.35. The molecule has 0 aliphatic heterocycles. The Morgan fingerprint density at radius 2 is 1.92 bits per heavy atom. The predicted octanol–water partition coefficient (Wildman–Crippen LogP) is 5.17. The molecule has 0 aliphatic carbocycles. The fourth-order valence-electron chi connectivity index (χ4n) is 4.06. The number of rotatable bonds is 8. The first-order chi connectivity index (χ1) is 17.6. The van der Waals surface area contributed by atoms with Crippen LogP contribution in [0.25, 0.3) is 22.0 Å². The van der Waals surface area contributed by atoms with Crippen molar-refractivity contribution in [1.82, 2.24) is 20.4 Å². The summed E-state index contributed by atoms with van der Waals surface area (Å²) in [6, 6.07) is 13.2. The number of allylic oxidation sites excluding steroid dienone is 1. The van der Waals surface area contributed by atoms with Gasteiger partial charge in [-0.25, -0.2) is 9.97 Å². The van der Waals surface area contributed by atoms with E-state index in [2.05, 4.69) is 25.8 Å². The average molecular weight is 518 g/mol. The minimum absolute atomic E-state index is 0.00263. The number of halogens is 1. The van der Waals surface area contributed by atoms with E-state index >= 15 is 0 Å². The largest absolute Gasteiger partial charge is 0.402 e. The smallest absolute Gasteiger partial charge is 0.289 e. The Kier molecular flexibility index (Phi) is 7.54. The maximum atomic E-state index is 13.0. The highest BCUT2D eigenvalue weighted by molar-refractivity contribution is 6.30. The highest BCUT2D eigenvalue weighted by atomic mass is 35.5. The molecule has 2 aromatic carbocycles. The second-order valence-corrected chi connectivity index (χ2v) is 9.22. The lowest BCUT2D eigenvalue weighted by Gasteiger charge is -2.13. The van der Waals surface area contributed by atoms with Gasteiger partial charge in [0.05, 0.1) is 11.2 Å². The predicted molar refractivity (Wildman–Crippen MR) is 146 cm³/mol. The number of fused-ring (bicyclic) bond motifs is 1. The molecule has 0 saturated carbocycles. The standard InChI is InChI=1S/C27H28ClN7O2/c1-14(29)22(15(2)30)13-32-27(36)26-33-23-9-8-19(24-16(3)35-37-17(24)4)11-21(23)25(34-26)31-12-18-6-5-7-20(28)10-18/h5-11,29H,12-13,30H2,1-4H3,(H,32,36)(H,31,33,34). The summed E-state index contributed by atoms with van der Waals surface area (Å²) in [7, 11) is 0. The molecule has 0 radical (unpaired) electrons. The molecule has 0 fully saturated rings. The van der Waals surface area contributed by atoms with Gasteiger partial charge < -0.3 is 26.3 Å². The summed E-state index contributed by atoms with van der Waals surface area (Å²) >= 11 is 6.15. The Hall–Kier alpha value is -4.24. The first kappa shape index (κ1) is 25.8. The zero-order valence-electron chi connectivity index (χ0n) is 21.1. The minimum atomic E-state index is -0.470. The maximum absolute atomic E-state index is 13.0. The van der Waals surface area contributed by atoms with Gasteiger partial charge in [0, 0.05) is 46.0 Å². The van der Waals surface area contributed by atoms with Crippen molar-refractivity contribution in [3.63, 3.8) is 0 Å². The molecule has 4 aromatic rings. The van der Waals surface area contributed by atoms with E-state index in [-0.39, 0.29) is 18.1 Å². The van der Waals surface area contributed by atoms with Crippen molar-refractivity contribution in [2.75, 3.05) is 11.9 Å². The van der Waals surface area contributed by atoms with Crippen LogP contribution in [-0.2, 0) is 6.54 Å². The number of nitrogens with two attached hydrogens (primary N) is 1. The lowest BCUT2D eigenvalue weighted by Crippen LogP contribution is -2.30. The molecule has 4 rings (SSSR count). The first-order valence-electron chi connectivity index (χ1n) is 11.7. The van der Waals surface area contributed by atoms with Gasteiger partial charge in [0.25, 0.3) is 5.91 Å². The van der Waals surface area contributed by atoms with Crippen LogP contribution in [0.4, 0.5) is 5.82 Å². The fraction of sp³-hybridized carbons (Fsp3) is 0.222. The van der Waals surface area contributed by atoms with Crippen molar-refractivity contribution in [2.24, 2.45) is 5.73 Å². The topological polar surface area (TPSA) is 143 Å². The SMILES string of the molecule is CC(=N)C(CNC(=O)c1nc(NCc2cccc(Cl)c2)c2cc(-c3c(C)noc3C)ccc2n1)=C(C)N. The number of hydrogen-bond acceptors (Lipinski definition) is 8. The van der Waals surface area contributed by atoms with Gasteiger partial charge in [0.1, 0.15) is 11.6 Å². The van der Waals surface area contributed by atoms with E-state index in [1.807, 2.05) is 56.3 Å². The third-order valence-electron chi connectivity index (χ3n) is 5.92. The van der Waals surface area contributed by atoms with Gasteiger partial charge in [-0.05, 0) is 63.1 Å². The van der Waals surface area contributed by atoms with Gasteiger partial charge in [0.2, 0.25) is 5.82 Å². The molecule has 5 N–H and O–H groups in total. The van der Waals surface area contributed by atoms with Gasteiger partial charge in [-0.2, -0.15) is 0 Å². The Labute approximate surface area is 219 Å². The molecular formula is C27H28ClN7O2. The molecule has 0 unspecified atom stereocenters. The number of carbonyl (C=O) groups is 1. The number of carbonyl (C=O) groups excluding carboxylic acids is 1. The Morgan fingerprint density at radius 3 is 2.57 bits per heavy atom. The van der Waals surface area contributed by atoms with Crippen molar-refractivity contribution >= 4 is 39.9 Å². The molecule has 9 nitrogen and oxygen atoms in total. The summed E-state index contributed by atoms with van der Waals surface area (Å²) in [4.78, 5) is 22.1. The van der Waals surface area contributed by atoms with Crippen LogP contribution in [0.3, 0.4) is 0 Å². The van der Waals surface area contributed by atoms with E-state index in [0.29, 0.717) is 39.9 Å². The molecule has 37 heavy (non-hydrogen) atoms. The summed E-state index contributed by atoms with van der Waals surface area (Å²) in [5, 5.41) is 19.4.